The molecule has 0 atom stereocenters. The van der Waals surface area contributed by atoms with Crippen LogP contribution in [0.25, 0.3) is 0 Å². The molecule has 0 radical (unpaired) electrons. The van der Waals surface area contributed by atoms with Crippen LogP contribution in [0.4, 0.5) is 0 Å². The molecule has 1 aliphatic rings. The number of likely N-dealkylation sites (N-methyl/N-ethyl adjacent to an activating group) is 1. The predicted molar refractivity (Wildman–Crippen MR) is 94.4 cm³/mol. The Morgan fingerprint density at radius 1 is 1.23 bits per heavy atom. The van der Waals surface area contributed by atoms with Crippen molar-refractivity contribution in [1.82, 2.24) is 9.62 Å². The van der Waals surface area contributed by atoms with Crippen molar-refractivity contribution in [3.05, 3.63) is 29.8 Å². The van der Waals surface area contributed by atoms with E-state index in [0.717, 1.165) is 0 Å². The van der Waals surface area contributed by atoms with E-state index in [2.05, 4.69) is 4.72 Å². The Hall–Kier alpha value is -1.97. The Morgan fingerprint density at radius 3 is 2.35 bits per heavy atom. The first-order chi connectivity index (χ1) is 12.3. The van der Waals surface area contributed by atoms with Gasteiger partial charge in [0.15, 0.2) is 0 Å². The summed E-state index contributed by atoms with van der Waals surface area (Å²) >= 11 is 0. The van der Waals surface area contributed by atoms with Crippen LogP contribution in [-0.4, -0.2) is 62.1 Å². The second kappa shape index (κ2) is 8.61. The predicted octanol–water partition coefficient (Wildman–Crippen LogP) is 1.08. The van der Waals surface area contributed by atoms with Gasteiger partial charge in [0.05, 0.1) is 23.6 Å². The van der Waals surface area contributed by atoms with Crippen LogP contribution in [0.5, 0.6) is 0 Å². The average molecular weight is 384 g/mol. The molecule has 1 aliphatic carbocycles. The summed E-state index contributed by atoms with van der Waals surface area (Å²) in [6, 6.07) is 5.41. The standard InChI is InChI=1S/C17H24N2O6S/c1-3-19(11-16(20)21)14-9-13(10-14)18-26(23,24)15-7-5-12(6-8-15)17(22)25-4-2/h5-8,13-14,18H,3-4,9-11H2,1-2H3,(H,20,21). The molecular formula is C17H24N2O6S. The van der Waals surface area contributed by atoms with Gasteiger partial charge in [-0.3, -0.25) is 9.69 Å². The molecule has 0 unspecified atom stereocenters. The number of carboxylic acid groups (broad SMARTS) is 1. The number of carbonyl (C=O) groups is 2. The van der Waals surface area contributed by atoms with Gasteiger partial charge in [0.2, 0.25) is 10.0 Å². The Morgan fingerprint density at radius 2 is 1.85 bits per heavy atom. The fourth-order valence-corrected chi connectivity index (χ4v) is 4.19. The second-order valence-electron chi connectivity index (χ2n) is 6.15. The van der Waals surface area contributed by atoms with Crippen LogP contribution in [0.2, 0.25) is 0 Å². The lowest BCUT2D eigenvalue weighted by Gasteiger charge is -2.42. The zero-order valence-corrected chi connectivity index (χ0v) is 15.7. The summed E-state index contributed by atoms with van der Waals surface area (Å²) in [7, 11) is -3.69. The van der Waals surface area contributed by atoms with Crippen molar-refractivity contribution in [2.75, 3.05) is 19.7 Å². The molecule has 2 rings (SSSR count). The molecular weight excluding hydrogens is 360 g/mol. The van der Waals surface area contributed by atoms with Crippen LogP contribution in [0.3, 0.4) is 0 Å². The third-order valence-electron chi connectivity index (χ3n) is 4.37. The average Bonchev–Trinajstić information content (AvgIpc) is 2.56. The smallest absolute Gasteiger partial charge is 0.338 e. The van der Waals surface area contributed by atoms with Crippen LogP contribution >= 0.6 is 0 Å². The molecule has 1 aromatic rings. The molecule has 9 heteroatoms. The fourth-order valence-electron chi connectivity index (χ4n) is 2.93. The third kappa shape index (κ3) is 5.03. The van der Waals surface area contributed by atoms with Gasteiger partial charge in [0.1, 0.15) is 0 Å². The quantitative estimate of drug-likeness (QED) is 0.613. The summed E-state index contributed by atoms with van der Waals surface area (Å²) in [5.74, 6) is -1.39. The van der Waals surface area contributed by atoms with Gasteiger partial charge in [0, 0.05) is 12.1 Å². The normalized spacial score (nSPS) is 19.8. The number of sulfonamides is 1. The Balaban J connectivity index is 1.94. The number of hydrogen-bond acceptors (Lipinski definition) is 6. The van der Waals surface area contributed by atoms with Crippen molar-refractivity contribution in [2.45, 2.75) is 43.7 Å². The molecule has 1 fully saturated rings. The summed E-state index contributed by atoms with van der Waals surface area (Å²) in [5, 5.41) is 8.89. The molecule has 26 heavy (non-hydrogen) atoms. The number of esters is 1. The van der Waals surface area contributed by atoms with Gasteiger partial charge in [-0.2, -0.15) is 0 Å². The maximum atomic E-state index is 12.4. The van der Waals surface area contributed by atoms with E-state index in [0.29, 0.717) is 24.9 Å². The second-order valence-corrected chi connectivity index (χ2v) is 7.86. The van der Waals surface area contributed by atoms with E-state index < -0.39 is 22.0 Å². The van der Waals surface area contributed by atoms with Crippen LogP contribution in [0, 0.1) is 0 Å². The number of rotatable bonds is 9. The van der Waals surface area contributed by atoms with E-state index >= 15 is 0 Å². The number of hydrogen-bond donors (Lipinski definition) is 2. The van der Waals surface area contributed by atoms with Crippen molar-refractivity contribution >= 4 is 22.0 Å². The highest BCUT2D eigenvalue weighted by Crippen LogP contribution is 2.27. The lowest BCUT2D eigenvalue weighted by molar-refractivity contribution is -0.139. The number of nitrogens with zero attached hydrogens (tertiary/aromatic N) is 1. The minimum atomic E-state index is -3.69. The van der Waals surface area contributed by atoms with E-state index in [1.54, 1.807) is 6.92 Å². The van der Waals surface area contributed by atoms with Gasteiger partial charge in [-0.05, 0) is 50.6 Å². The Kier molecular flexibility index (Phi) is 6.74. The SMILES string of the molecule is CCOC(=O)c1ccc(S(=O)(=O)NC2CC(N(CC)CC(=O)O)C2)cc1. The summed E-state index contributed by atoms with van der Waals surface area (Å²) in [6.45, 7) is 4.38. The van der Waals surface area contributed by atoms with Gasteiger partial charge in [0.25, 0.3) is 0 Å². The van der Waals surface area contributed by atoms with Crippen molar-refractivity contribution in [2.24, 2.45) is 0 Å². The van der Waals surface area contributed by atoms with Crippen molar-refractivity contribution in [3.8, 4) is 0 Å². The molecule has 0 aliphatic heterocycles. The number of carboxylic acids is 1. The molecule has 0 aromatic heterocycles. The molecule has 1 saturated carbocycles. The molecule has 0 amide bonds. The molecule has 0 heterocycles. The molecule has 144 valence electrons. The van der Waals surface area contributed by atoms with Gasteiger partial charge < -0.3 is 9.84 Å². The summed E-state index contributed by atoms with van der Waals surface area (Å²) in [5.41, 5.74) is 0.293. The topological polar surface area (TPSA) is 113 Å². The van der Waals surface area contributed by atoms with Gasteiger partial charge in [-0.25, -0.2) is 17.9 Å². The highest BCUT2D eigenvalue weighted by molar-refractivity contribution is 7.89. The lowest BCUT2D eigenvalue weighted by atomic mass is 9.86. The number of ether oxygens (including phenoxy) is 1. The van der Waals surface area contributed by atoms with E-state index in [4.69, 9.17) is 9.84 Å². The highest BCUT2D eigenvalue weighted by Gasteiger charge is 2.36. The van der Waals surface area contributed by atoms with Crippen molar-refractivity contribution < 1.29 is 27.9 Å². The number of nitrogens with one attached hydrogen (secondary N) is 1. The molecule has 8 nitrogen and oxygen atoms in total. The van der Waals surface area contributed by atoms with Gasteiger partial charge in [-0.1, -0.05) is 6.92 Å². The molecule has 0 saturated heterocycles. The number of benzene rings is 1. The third-order valence-corrected chi connectivity index (χ3v) is 5.91. The van der Waals surface area contributed by atoms with Crippen LogP contribution in [0.15, 0.2) is 29.2 Å². The van der Waals surface area contributed by atoms with Gasteiger partial charge >= 0.3 is 11.9 Å². The van der Waals surface area contributed by atoms with E-state index in [1.165, 1.54) is 24.3 Å². The van der Waals surface area contributed by atoms with Crippen LogP contribution < -0.4 is 4.72 Å². The van der Waals surface area contributed by atoms with Crippen LogP contribution in [-0.2, 0) is 19.6 Å². The number of aliphatic carboxylic acids is 1. The fraction of sp³-hybridized carbons (Fsp3) is 0.529. The lowest BCUT2D eigenvalue weighted by Crippen LogP contribution is -2.54. The van der Waals surface area contributed by atoms with Gasteiger partial charge in [-0.15, -0.1) is 0 Å². The summed E-state index contributed by atoms with van der Waals surface area (Å²) in [6.07, 6.45) is 1.14. The first kappa shape index (κ1) is 20.3. The monoisotopic (exact) mass is 384 g/mol. The minimum absolute atomic E-state index is 0.0457. The number of carbonyl (C=O) groups excluding carboxylic acids is 1. The highest BCUT2D eigenvalue weighted by atomic mass is 32.2. The van der Waals surface area contributed by atoms with Crippen LogP contribution in [0.1, 0.15) is 37.0 Å². The van der Waals surface area contributed by atoms with Crippen molar-refractivity contribution in [3.63, 3.8) is 0 Å². The maximum absolute atomic E-state index is 12.4. The molecule has 0 spiro atoms. The minimum Gasteiger partial charge on any atom is -0.480 e. The zero-order chi connectivity index (χ0) is 19.3. The first-order valence-corrected chi connectivity index (χ1v) is 10.0. The zero-order valence-electron chi connectivity index (χ0n) is 14.8. The summed E-state index contributed by atoms with van der Waals surface area (Å²) < 4.78 is 32.4. The van der Waals surface area contributed by atoms with Crippen molar-refractivity contribution in [1.29, 1.82) is 0 Å². The van der Waals surface area contributed by atoms with E-state index in [9.17, 15) is 18.0 Å². The van der Waals surface area contributed by atoms with E-state index in [1.807, 2.05) is 11.8 Å². The largest absolute Gasteiger partial charge is 0.480 e. The Labute approximate surface area is 153 Å². The Bertz CT molecular complexity index is 741. The summed E-state index contributed by atoms with van der Waals surface area (Å²) in [4.78, 5) is 24.3. The molecule has 1 aromatic carbocycles. The maximum Gasteiger partial charge on any atom is 0.338 e. The van der Waals surface area contributed by atoms with E-state index in [-0.39, 0.29) is 30.1 Å². The molecule has 0 bridgehead atoms. The first-order valence-electron chi connectivity index (χ1n) is 8.52. The molecule has 2 N–H and O–H groups in total.